The number of aliphatic hydroxyl groups excluding tert-OH is 1. The molecule has 5 nitrogen and oxygen atoms in total. The lowest BCUT2D eigenvalue weighted by atomic mass is 10.3. The third-order valence-corrected chi connectivity index (χ3v) is 1.65. The minimum atomic E-state index is 0.0530. The molecule has 0 aromatic carbocycles. The molecule has 0 saturated heterocycles. The summed E-state index contributed by atoms with van der Waals surface area (Å²) in [5, 5.41) is 11.6. The van der Waals surface area contributed by atoms with Crippen LogP contribution in [0.15, 0.2) is 18.5 Å². The first-order valence-electron chi connectivity index (χ1n) is 4.46. The van der Waals surface area contributed by atoms with Crippen LogP contribution in [-0.2, 0) is 4.74 Å². The van der Waals surface area contributed by atoms with E-state index in [2.05, 4.69) is 10.3 Å². The molecule has 1 aromatic rings. The second kappa shape index (κ2) is 6.17. The first kappa shape index (κ1) is 10.7. The number of hydrogen-bond acceptors (Lipinski definition) is 5. The topological polar surface area (TPSA) is 80.4 Å². The molecule has 1 heterocycles. The van der Waals surface area contributed by atoms with Gasteiger partial charge in [0.25, 0.3) is 0 Å². The minimum Gasteiger partial charge on any atom is -0.396 e. The van der Waals surface area contributed by atoms with Gasteiger partial charge < -0.3 is 20.9 Å². The van der Waals surface area contributed by atoms with Gasteiger partial charge in [-0.15, -0.1) is 0 Å². The standard InChI is InChI=1S/C9H15N3O2/c10-8-7-11-2-1-9(8)12-3-5-14-6-4-13/h1-2,7,13H,3-6,10H2,(H,11,12). The molecule has 0 aliphatic carbocycles. The van der Waals surface area contributed by atoms with Crippen LogP contribution in [0.25, 0.3) is 0 Å². The maximum absolute atomic E-state index is 8.45. The Balaban J connectivity index is 2.21. The van der Waals surface area contributed by atoms with Crippen LogP contribution in [0, 0.1) is 0 Å². The van der Waals surface area contributed by atoms with Crippen LogP contribution in [0.3, 0.4) is 0 Å². The molecule has 0 bridgehead atoms. The van der Waals surface area contributed by atoms with Crippen LogP contribution in [0.4, 0.5) is 11.4 Å². The number of pyridine rings is 1. The number of anilines is 2. The number of aliphatic hydroxyl groups is 1. The lowest BCUT2D eigenvalue weighted by Gasteiger charge is -2.08. The minimum absolute atomic E-state index is 0.0530. The zero-order valence-electron chi connectivity index (χ0n) is 7.94. The fourth-order valence-electron chi connectivity index (χ4n) is 0.992. The smallest absolute Gasteiger partial charge is 0.0736 e. The van der Waals surface area contributed by atoms with E-state index < -0.39 is 0 Å². The zero-order valence-corrected chi connectivity index (χ0v) is 7.94. The van der Waals surface area contributed by atoms with Crippen molar-refractivity contribution in [3.05, 3.63) is 18.5 Å². The molecular formula is C9H15N3O2. The highest BCUT2D eigenvalue weighted by atomic mass is 16.5. The molecule has 0 saturated carbocycles. The Hall–Kier alpha value is -1.33. The lowest BCUT2D eigenvalue weighted by molar-refractivity contribution is 0.0992. The van der Waals surface area contributed by atoms with E-state index in [1.165, 1.54) is 0 Å². The normalized spacial score (nSPS) is 10.1. The maximum Gasteiger partial charge on any atom is 0.0736 e. The predicted molar refractivity (Wildman–Crippen MR) is 55.0 cm³/mol. The highest BCUT2D eigenvalue weighted by molar-refractivity contribution is 5.64. The zero-order chi connectivity index (χ0) is 10.2. The molecule has 0 fully saturated rings. The van der Waals surface area contributed by atoms with Gasteiger partial charge in [-0.3, -0.25) is 4.98 Å². The van der Waals surface area contributed by atoms with Crippen molar-refractivity contribution in [3.63, 3.8) is 0 Å². The van der Waals surface area contributed by atoms with Crippen LogP contribution in [0.2, 0.25) is 0 Å². The Morgan fingerprint density at radius 1 is 1.50 bits per heavy atom. The Morgan fingerprint density at radius 3 is 3.07 bits per heavy atom. The molecule has 0 aliphatic rings. The summed E-state index contributed by atoms with van der Waals surface area (Å²) in [6.07, 6.45) is 3.27. The number of rotatable bonds is 6. The monoisotopic (exact) mass is 197 g/mol. The van der Waals surface area contributed by atoms with E-state index >= 15 is 0 Å². The molecule has 0 radical (unpaired) electrons. The molecule has 1 aromatic heterocycles. The Kier molecular flexibility index (Phi) is 4.74. The average Bonchev–Trinajstić information content (AvgIpc) is 2.20. The highest BCUT2D eigenvalue weighted by Gasteiger charge is 1.95. The van der Waals surface area contributed by atoms with Crippen LogP contribution in [0.5, 0.6) is 0 Å². The Morgan fingerprint density at radius 2 is 2.36 bits per heavy atom. The van der Waals surface area contributed by atoms with Gasteiger partial charge in [0.05, 0.1) is 37.4 Å². The quantitative estimate of drug-likeness (QED) is 0.563. The third kappa shape index (κ3) is 3.59. The van der Waals surface area contributed by atoms with E-state index in [9.17, 15) is 0 Å². The lowest BCUT2D eigenvalue weighted by Crippen LogP contribution is -2.12. The van der Waals surface area contributed by atoms with Gasteiger partial charge in [-0.05, 0) is 6.07 Å². The van der Waals surface area contributed by atoms with Crippen molar-refractivity contribution < 1.29 is 9.84 Å². The van der Waals surface area contributed by atoms with Crippen LogP contribution in [0.1, 0.15) is 0 Å². The molecule has 4 N–H and O–H groups in total. The molecular weight excluding hydrogens is 182 g/mol. The Bertz CT molecular complexity index is 268. The van der Waals surface area contributed by atoms with Gasteiger partial charge in [-0.1, -0.05) is 0 Å². The molecule has 5 heteroatoms. The number of hydrogen-bond donors (Lipinski definition) is 3. The summed E-state index contributed by atoms with van der Waals surface area (Å²) in [7, 11) is 0. The van der Waals surface area contributed by atoms with E-state index in [1.54, 1.807) is 18.5 Å². The van der Waals surface area contributed by atoms with Gasteiger partial charge in [0, 0.05) is 12.7 Å². The van der Waals surface area contributed by atoms with Gasteiger partial charge >= 0.3 is 0 Å². The average molecular weight is 197 g/mol. The van der Waals surface area contributed by atoms with Crippen molar-refractivity contribution in [1.29, 1.82) is 0 Å². The molecule has 0 unspecified atom stereocenters. The van der Waals surface area contributed by atoms with Gasteiger partial charge in [0.1, 0.15) is 0 Å². The number of nitrogen functional groups attached to an aromatic ring is 1. The summed E-state index contributed by atoms with van der Waals surface area (Å²) < 4.78 is 5.08. The first-order chi connectivity index (χ1) is 6.84. The Labute approximate surface area is 82.9 Å². The number of nitrogens with two attached hydrogens (primary N) is 1. The van der Waals surface area contributed by atoms with Gasteiger partial charge in [0.15, 0.2) is 0 Å². The van der Waals surface area contributed by atoms with E-state index in [0.29, 0.717) is 25.4 Å². The highest BCUT2D eigenvalue weighted by Crippen LogP contribution is 2.14. The molecule has 78 valence electrons. The van der Waals surface area contributed by atoms with Gasteiger partial charge in [-0.25, -0.2) is 0 Å². The van der Waals surface area contributed by atoms with Gasteiger partial charge in [0.2, 0.25) is 0 Å². The number of ether oxygens (including phenoxy) is 1. The van der Waals surface area contributed by atoms with E-state index in [0.717, 1.165) is 5.69 Å². The van der Waals surface area contributed by atoms with E-state index in [1.807, 2.05) is 0 Å². The predicted octanol–water partition coefficient (Wildman–Crippen LogP) is 0.0846. The third-order valence-electron chi connectivity index (χ3n) is 1.65. The van der Waals surface area contributed by atoms with Gasteiger partial charge in [-0.2, -0.15) is 0 Å². The number of nitrogens with zero attached hydrogens (tertiary/aromatic N) is 1. The largest absolute Gasteiger partial charge is 0.396 e. The second-order valence-electron chi connectivity index (χ2n) is 2.73. The van der Waals surface area contributed by atoms with Crippen molar-refractivity contribution in [2.45, 2.75) is 0 Å². The fraction of sp³-hybridized carbons (Fsp3) is 0.444. The van der Waals surface area contributed by atoms with E-state index in [4.69, 9.17) is 15.6 Å². The van der Waals surface area contributed by atoms with Crippen molar-refractivity contribution in [1.82, 2.24) is 4.98 Å². The SMILES string of the molecule is Nc1cnccc1NCCOCCO. The molecule has 0 spiro atoms. The van der Waals surface area contributed by atoms with E-state index in [-0.39, 0.29) is 6.61 Å². The van der Waals surface area contributed by atoms with Crippen molar-refractivity contribution in [3.8, 4) is 0 Å². The molecule has 14 heavy (non-hydrogen) atoms. The summed E-state index contributed by atoms with van der Waals surface area (Å²) in [6, 6.07) is 1.81. The van der Waals surface area contributed by atoms with Crippen LogP contribution >= 0.6 is 0 Å². The van der Waals surface area contributed by atoms with Crippen molar-refractivity contribution in [2.75, 3.05) is 37.4 Å². The van der Waals surface area contributed by atoms with Crippen molar-refractivity contribution >= 4 is 11.4 Å². The molecule has 0 aliphatic heterocycles. The van der Waals surface area contributed by atoms with Crippen LogP contribution in [-0.4, -0.2) is 36.5 Å². The summed E-state index contributed by atoms with van der Waals surface area (Å²) in [6.45, 7) is 1.63. The number of nitrogens with one attached hydrogen (secondary N) is 1. The van der Waals surface area contributed by atoms with Crippen LogP contribution < -0.4 is 11.1 Å². The molecule has 0 amide bonds. The summed E-state index contributed by atoms with van der Waals surface area (Å²) in [5.41, 5.74) is 7.13. The second-order valence-corrected chi connectivity index (χ2v) is 2.73. The number of aromatic nitrogens is 1. The summed E-state index contributed by atoms with van der Waals surface area (Å²) >= 11 is 0. The fourth-order valence-corrected chi connectivity index (χ4v) is 0.992. The maximum atomic E-state index is 8.45. The first-order valence-corrected chi connectivity index (χ1v) is 4.46. The van der Waals surface area contributed by atoms with Crippen molar-refractivity contribution in [2.24, 2.45) is 0 Å². The summed E-state index contributed by atoms with van der Waals surface area (Å²) in [4.78, 5) is 3.87. The summed E-state index contributed by atoms with van der Waals surface area (Å²) in [5.74, 6) is 0. The molecule has 0 atom stereocenters. The molecule has 1 rings (SSSR count).